The monoisotopic (exact) mass is 426 g/mol. The van der Waals surface area contributed by atoms with Gasteiger partial charge in [-0.05, 0) is 60.2 Å². The molecule has 0 aliphatic rings. The van der Waals surface area contributed by atoms with E-state index < -0.39 is 0 Å². The fraction of sp³-hybridized carbons (Fsp3) is 0.0417. The molecule has 0 aliphatic heterocycles. The number of hydrogen-bond donors (Lipinski definition) is 1. The van der Waals surface area contributed by atoms with Crippen LogP contribution in [0.3, 0.4) is 0 Å². The average molecular weight is 426 g/mol. The normalized spacial score (nSPS) is 10.9. The van der Waals surface area contributed by atoms with Crippen molar-refractivity contribution >= 4 is 11.6 Å². The molecule has 0 fully saturated rings. The fourth-order valence-corrected chi connectivity index (χ4v) is 3.47. The van der Waals surface area contributed by atoms with Crippen LogP contribution < -0.4 is 5.32 Å². The zero-order valence-electron chi connectivity index (χ0n) is 17.0. The average Bonchev–Trinajstić information content (AvgIpc) is 3.57. The van der Waals surface area contributed by atoms with E-state index in [4.69, 9.17) is 0 Å². The van der Waals surface area contributed by atoms with Gasteiger partial charge in [0.25, 0.3) is 5.91 Å². The zero-order valence-corrected chi connectivity index (χ0v) is 17.0. The third-order valence-corrected chi connectivity index (χ3v) is 5.02. The largest absolute Gasteiger partial charge is 0.322 e. The minimum atomic E-state index is -0.336. The third-order valence-electron chi connectivity index (χ3n) is 5.02. The molecule has 0 bridgehead atoms. The van der Waals surface area contributed by atoms with E-state index in [1.807, 2.05) is 65.7 Å². The molecule has 3 heterocycles. The van der Waals surface area contributed by atoms with Gasteiger partial charge in [-0.25, -0.2) is 9.07 Å². The lowest BCUT2D eigenvalue weighted by atomic mass is 10.2. The Balaban J connectivity index is 1.41. The van der Waals surface area contributed by atoms with E-state index >= 15 is 0 Å². The first-order valence-electron chi connectivity index (χ1n) is 10.0. The van der Waals surface area contributed by atoms with E-state index in [0.717, 1.165) is 5.56 Å². The summed E-state index contributed by atoms with van der Waals surface area (Å²) in [6.45, 7) is 0.656. The number of rotatable bonds is 6. The molecule has 158 valence electrons. The summed E-state index contributed by atoms with van der Waals surface area (Å²) in [5.41, 5.74) is 2.79. The van der Waals surface area contributed by atoms with E-state index in [1.54, 1.807) is 27.6 Å². The van der Waals surface area contributed by atoms with Crippen LogP contribution in [0.15, 0.2) is 97.7 Å². The van der Waals surface area contributed by atoms with Crippen molar-refractivity contribution in [1.29, 1.82) is 0 Å². The van der Waals surface area contributed by atoms with Gasteiger partial charge in [0, 0.05) is 30.5 Å². The number of nitrogens with one attached hydrogen (secondary N) is 1. The van der Waals surface area contributed by atoms with E-state index in [9.17, 15) is 9.18 Å². The summed E-state index contributed by atoms with van der Waals surface area (Å²) in [6, 6.07) is 19.2. The lowest BCUT2D eigenvalue weighted by Crippen LogP contribution is -2.15. The number of carbonyl (C=O) groups excluding carboxylic acids is 1. The molecule has 32 heavy (non-hydrogen) atoms. The molecule has 1 amide bonds. The molecule has 8 heteroatoms. The maximum absolute atomic E-state index is 13.4. The highest BCUT2D eigenvalue weighted by atomic mass is 19.1. The molecule has 0 aliphatic carbocycles. The molecule has 2 aromatic carbocycles. The third kappa shape index (κ3) is 3.93. The van der Waals surface area contributed by atoms with E-state index in [1.165, 1.54) is 18.3 Å². The van der Waals surface area contributed by atoms with Gasteiger partial charge in [0.05, 0.1) is 18.4 Å². The number of nitrogens with zero attached hydrogens (tertiary/aromatic N) is 5. The Labute approximate surface area is 183 Å². The maximum Gasteiger partial charge on any atom is 0.261 e. The van der Waals surface area contributed by atoms with Gasteiger partial charge in [0.2, 0.25) is 0 Å². The molecule has 5 aromatic rings. The maximum atomic E-state index is 13.4. The molecule has 0 radical (unpaired) electrons. The second-order valence-electron chi connectivity index (χ2n) is 7.22. The van der Waals surface area contributed by atoms with Crippen molar-refractivity contribution in [3.8, 4) is 11.5 Å². The minimum Gasteiger partial charge on any atom is -0.322 e. The molecule has 7 nitrogen and oxygen atoms in total. The van der Waals surface area contributed by atoms with Crippen molar-refractivity contribution in [3.63, 3.8) is 0 Å². The van der Waals surface area contributed by atoms with Crippen LogP contribution in [0.5, 0.6) is 0 Å². The first-order valence-corrected chi connectivity index (χ1v) is 10.0. The highest BCUT2D eigenvalue weighted by Gasteiger charge is 2.20. The molecular formula is C24H19FN6O. The number of halogens is 1. The Hall–Kier alpha value is -4.46. The van der Waals surface area contributed by atoms with Crippen LogP contribution in [0.1, 0.15) is 15.9 Å². The lowest BCUT2D eigenvalue weighted by molar-refractivity contribution is 0.102. The predicted octanol–water partition coefficient (Wildman–Crippen LogP) is 4.30. The summed E-state index contributed by atoms with van der Waals surface area (Å²) in [5.74, 6) is -0.0614. The number of aromatic nitrogens is 5. The number of hydrogen-bond acceptors (Lipinski definition) is 3. The van der Waals surface area contributed by atoms with Gasteiger partial charge in [0.15, 0.2) is 5.82 Å². The van der Waals surface area contributed by atoms with Crippen molar-refractivity contribution in [3.05, 3.63) is 115 Å². The van der Waals surface area contributed by atoms with Crippen LogP contribution in [-0.2, 0) is 6.54 Å². The fourth-order valence-electron chi connectivity index (χ4n) is 3.47. The number of anilines is 1. The van der Waals surface area contributed by atoms with E-state index in [0.29, 0.717) is 29.3 Å². The summed E-state index contributed by atoms with van der Waals surface area (Å²) in [6.07, 6.45) is 8.82. The van der Waals surface area contributed by atoms with Gasteiger partial charge in [-0.1, -0.05) is 12.1 Å². The van der Waals surface area contributed by atoms with Crippen LogP contribution >= 0.6 is 0 Å². The van der Waals surface area contributed by atoms with Crippen LogP contribution in [0.4, 0.5) is 10.1 Å². The summed E-state index contributed by atoms with van der Waals surface area (Å²) in [7, 11) is 0. The molecule has 0 saturated heterocycles. The Morgan fingerprint density at radius 1 is 0.906 bits per heavy atom. The summed E-state index contributed by atoms with van der Waals surface area (Å²) in [5, 5.41) is 11.5. The van der Waals surface area contributed by atoms with Gasteiger partial charge in [-0.2, -0.15) is 10.2 Å². The quantitative estimate of drug-likeness (QED) is 0.440. The van der Waals surface area contributed by atoms with Gasteiger partial charge >= 0.3 is 0 Å². The molecular weight excluding hydrogens is 407 g/mol. The standard InChI is InChI=1S/C24H19FN6O/c25-19-6-10-21(11-7-19)31-24(29-13-1-2-14-29)22(16-27-31)23(32)28-20-8-4-18(5-9-20)17-30-15-3-12-26-30/h1-16H,17H2,(H,28,32). The summed E-state index contributed by atoms with van der Waals surface area (Å²) >= 11 is 0. The topological polar surface area (TPSA) is 69.7 Å². The zero-order chi connectivity index (χ0) is 21.9. The van der Waals surface area contributed by atoms with Gasteiger partial charge in [-0.3, -0.25) is 9.48 Å². The number of carbonyl (C=O) groups is 1. The molecule has 1 N–H and O–H groups in total. The molecule has 0 spiro atoms. The Kier molecular flexibility index (Phi) is 5.09. The Morgan fingerprint density at radius 2 is 1.66 bits per heavy atom. The molecule has 3 aromatic heterocycles. The smallest absolute Gasteiger partial charge is 0.261 e. The lowest BCUT2D eigenvalue weighted by Gasteiger charge is -2.11. The first kappa shape index (κ1) is 19.5. The van der Waals surface area contributed by atoms with Crippen molar-refractivity contribution in [2.75, 3.05) is 5.32 Å². The highest BCUT2D eigenvalue weighted by Crippen LogP contribution is 2.22. The minimum absolute atomic E-state index is 0.290. The molecule has 5 rings (SSSR count). The number of amides is 1. The molecule has 0 unspecified atom stereocenters. The predicted molar refractivity (Wildman–Crippen MR) is 119 cm³/mol. The van der Waals surface area contributed by atoms with Crippen molar-refractivity contribution in [2.45, 2.75) is 6.54 Å². The Morgan fingerprint density at radius 3 is 2.34 bits per heavy atom. The van der Waals surface area contributed by atoms with Gasteiger partial charge in [0.1, 0.15) is 11.4 Å². The van der Waals surface area contributed by atoms with E-state index in [2.05, 4.69) is 15.5 Å². The highest BCUT2D eigenvalue weighted by molar-refractivity contribution is 6.06. The van der Waals surface area contributed by atoms with Crippen LogP contribution in [0.2, 0.25) is 0 Å². The van der Waals surface area contributed by atoms with Crippen LogP contribution in [-0.4, -0.2) is 30.0 Å². The van der Waals surface area contributed by atoms with Gasteiger partial charge < -0.3 is 9.88 Å². The SMILES string of the molecule is O=C(Nc1ccc(Cn2cccn2)cc1)c1cnn(-c2ccc(F)cc2)c1-n1cccc1. The van der Waals surface area contributed by atoms with Crippen molar-refractivity contribution in [1.82, 2.24) is 24.1 Å². The summed E-state index contributed by atoms with van der Waals surface area (Å²) in [4.78, 5) is 13.1. The first-order chi connectivity index (χ1) is 15.7. The van der Waals surface area contributed by atoms with Crippen molar-refractivity contribution in [2.24, 2.45) is 0 Å². The van der Waals surface area contributed by atoms with E-state index in [-0.39, 0.29) is 11.7 Å². The van der Waals surface area contributed by atoms with Crippen LogP contribution in [0, 0.1) is 5.82 Å². The molecule has 0 saturated carbocycles. The summed E-state index contributed by atoms with van der Waals surface area (Å²) < 4.78 is 18.6. The number of benzene rings is 2. The Bertz CT molecular complexity index is 1320. The van der Waals surface area contributed by atoms with Crippen LogP contribution in [0.25, 0.3) is 11.5 Å². The van der Waals surface area contributed by atoms with Crippen molar-refractivity contribution < 1.29 is 9.18 Å². The van der Waals surface area contributed by atoms with Gasteiger partial charge in [-0.15, -0.1) is 0 Å². The molecule has 0 atom stereocenters. The second-order valence-corrected chi connectivity index (χ2v) is 7.22. The second kappa shape index (κ2) is 8.35.